The molecule has 0 bridgehead atoms. The molecule has 0 atom stereocenters. The molecule has 1 aliphatic carbocycles. The van der Waals surface area contributed by atoms with E-state index in [4.69, 9.17) is 4.74 Å². The van der Waals surface area contributed by atoms with E-state index in [1.807, 2.05) is 35.2 Å². The molecule has 4 aromatic rings. The first-order valence-corrected chi connectivity index (χ1v) is 14.9. The van der Waals surface area contributed by atoms with Gasteiger partial charge in [-0.15, -0.1) is 0 Å². The monoisotopic (exact) mass is 560 g/mol. The second-order valence-electron chi connectivity index (χ2n) is 10.1. The van der Waals surface area contributed by atoms with Gasteiger partial charge in [0.25, 0.3) is 0 Å². The summed E-state index contributed by atoms with van der Waals surface area (Å²) in [6, 6.07) is 22.8. The molecular weight excluding hydrogens is 531 g/mol. The first kappa shape index (κ1) is 26.2. The summed E-state index contributed by atoms with van der Waals surface area (Å²) in [5.74, 6) is -0.300. The average molecular weight is 561 g/mol. The first-order chi connectivity index (χ1) is 19.4. The lowest BCUT2D eigenvalue weighted by Gasteiger charge is -2.36. The fourth-order valence-corrected chi connectivity index (χ4v) is 6.90. The summed E-state index contributed by atoms with van der Waals surface area (Å²) in [4.78, 5) is 15.7. The molecule has 2 aliphatic rings. The summed E-state index contributed by atoms with van der Waals surface area (Å²) in [5.41, 5.74) is 3.64. The SMILES string of the molecule is O=c1c(OC2Cc3ccccc3C2)c(N2CCN(S(=O)(=O)Cc3ccccc3)CC2)cnn1-c1ccc(F)cc1. The van der Waals surface area contributed by atoms with Gasteiger partial charge < -0.3 is 9.64 Å². The first-order valence-electron chi connectivity index (χ1n) is 13.3. The van der Waals surface area contributed by atoms with Crippen LogP contribution in [-0.2, 0) is 28.6 Å². The van der Waals surface area contributed by atoms with Crippen LogP contribution in [0.1, 0.15) is 16.7 Å². The number of piperazine rings is 1. The summed E-state index contributed by atoms with van der Waals surface area (Å²) in [6.07, 6.45) is 2.72. The molecule has 40 heavy (non-hydrogen) atoms. The maximum atomic E-state index is 13.8. The molecule has 10 heteroatoms. The molecule has 0 N–H and O–H groups in total. The van der Waals surface area contributed by atoms with Crippen LogP contribution in [-0.4, -0.2) is 54.8 Å². The summed E-state index contributed by atoms with van der Waals surface area (Å²) in [6.45, 7) is 1.34. The van der Waals surface area contributed by atoms with Gasteiger partial charge in [0, 0.05) is 39.0 Å². The summed E-state index contributed by atoms with van der Waals surface area (Å²) in [7, 11) is -3.49. The van der Waals surface area contributed by atoms with Crippen molar-refractivity contribution in [3.8, 4) is 11.4 Å². The number of aromatic nitrogens is 2. The molecule has 0 spiro atoms. The third-order valence-electron chi connectivity index (χ3n) is 7.45. The Morgan fingerprint density at radius 2 is 1.48 bits per heavy atom. The fourth-order valence-electron chi connectivity index (χ4n) is 5.38. The van der Waals surface area contributed by atoms with E-state index in [0.717, 1.165) is 5.56 Å². The Labute approximate surface area is 232 Å². The molecule has 8 nitrogen and oxygen atoms in total. The lowest BCUT2D eigenvalue weighted by molar-refractivity contribution is 0.209. The molecule has 1 fully saturated rings. The van der Waals surface area contributed by atoms with Gasteiger partial charge in [0.1, 0.15) is 17.6 Å². The Hall–Kier alpha value is -4.02. The van der Waals surface area contributed by atoms with Gasteiger partial charge in [-0.25, -0.2) is 12.8 Å². The fraction of sp³-hybridized carbons (Fsp3) is 0.267. The third kappa shape index (κ3) is 5.37. The zero-order chi connectivity index (χ0) is 27.7. The van der Waals surface area contributed by atoms with E-state index in [9.17, 15) is 17.6 Å². The van der Waals surface area contributed by atoms with E-state index >= 15 is 0 Å². The van der Waals surface area contributed by atoms with Crippen LogP contribution in [0.3, 0.4) is 0 Å². The van der Waals surface area contributed by atoms with E-state index in [1.54, 1.807) is 18.3 Å². The van der Waals surface area contributed by atoms with Gasteiger partial charge in [-0.1, -0.05) is 54.6 Å². The maximum absolute atomic E-state index is 13.8. The molecular formula is C30H29FN4O4S. The van der Waals surface area contributed by atoms with Crippen molar-refractivity contribution >= 4 is 15.7 Å². The van der Waals surface area contributed by atoms with Crippen LogP contribution in [0, 0.1) is 5.82 Å². The number of hydrogen-bond acceptors (Lipinski definition) is 6. The number of nitrogens with zero attached hydrogens (tertiary/aromatic N) is 4. The highest BCUT2D eigenvalue weighted by Gasteiger charge is 2.31. The number of halogens is 1. The van der Waals surface area contributed by atoms with Gasteiger partial charge >= 0.3 is 5.56 Å². The minimum absolute atomic E-state index is 0.0558. The Morgan fingerprint density at radius 1 is 0.850 bits per heavy atom. The number of rotatable bonds is 7. The third-order valence-corrected chi connectivity index (χ3v) is 9.30. The molecule has 0 saturated carbocycles. The predicted octanol–water partition coefficient (Wildman–Crippen LogP) is 3.57. The summed E-state index contributed by atoms with van der Waals surface area (Å²) < 4.78 is 48.8. The van der Waals surface area contributed by atoms with Crippen molar-refractivity contribution in [2.45, 2.75) is 24.7 Å². The van der Waals surface area contributed by atoms with Crippen LogP contribution in [0.25, 0.3) is 5.69 Å². The van der Waals surface area contributed by atoms with Gasteiger partial charge in [0.15, 0.2) is 0 Å². The molecule has 1 aliphatic heterocycles. The van der Waals surface area contributed by atoms with Crippen molar-refractivity contribution in [2.75, 3.05) is 31.1 Å². The lowest BCUT2D eigenvalue weighted by Crippen LogP contribution is -2.49. The highest BCUT2D eigenvalue weighted by Crippen LogP contribution is 2.31. The van der Waals surface area contributed by atoms with Gasteiger partial charge in [-0.05, 0) is 41.0 Å². The Morgan fingerprint density at radius 3 is 2.12 bits per heavy atom. The number of hydrogen-bond donors (Lipinski definition) is 0. The molecule has 6 rings (SSSR count). The van der Waals surface area contributed by atoms with Gasteiger partial charge in [-0.3, -0.25) is 4.79 Å². The molecule has 3 aromatic carbocycles. The summed E-state index contributed by atoms with van der Waals surface area (Å²) >= 11 is 0. The zero-order valence-electron chi connectivity index (χ0n) is 21.8. The smallest absolute Gasteiger partial charge is 0.316 e. The van der Waals surface area contributed by atoms with Gasteiger partial charge in [0.2, 0.25) is 15.8 Å². The highest BCUT2D eigenvalue weighted by atomic mass is 32.2. The number of fused-ring (bicyclic) bond motifs is 1. The Kier molecular flexibility index (Phi) is 7.12. The van der Waals surface area contributed by atoms with Crippen LogP contribution in [0.15, 0.2) is 89.9 Å². The largest absolute Gasteiger partial charge is 0.482 e. The van der Waals surface area contributed by atoms with E-state index in [2.05, 4.69) is 17.2 Å². The van der Waals surface area contributed by atoms with Crippen LogP contribution in [0.4, 0.5) is 10.1 Å². The van der Waals surface area contributed by atoms with Crippen LogP contribution < -0.4 is 15.2 Å². The maximum Gasteiger partial charge on any atom is 0.316 e. The van der Waals surface area contributed by atoms with Crippen molar-refractivity contribution in [2.24, 2.45) is 0 Å². The van der Waals surface area contributed by atoms with Crippen molar-refractivity contribution < 1.29 is 17.5 Å². The molecule has 0 radical (unpaired) electrons. The molecule has 206 valence electrons. The van der Waals surface area contributed by atoms with Crippen molar-refractivity contribution in [1.82, 2.24) is 14.1 Å². The molecule has 2 heterocycles. The van der Waals surface area contributed by atoms with Crippen molar-refractivity contribution in [3.63, 3.8) is 0 Å². The Balaban J connectivity index is 1.26. The number of anilines is 1. The number of ether oxygens (including phenoxy) is 1. The van der Waals surface area contributed by atoms with E-state index in [0.29, 0.717) is 37.3 Å². The molecule has 1 saturated heterocycles. The zero-order valence-corrected chi connectivity index (χ0v) is 22.6. The quantitative estimate of drug-likeness (QED) is 0.344. The number of benzene rings is 3. The highest BCUT2D eigenvalue weighted by molar-refractivity contribution is 7.88. The minimum atomic E-state index is -3.49. The minimum Gasteiger partial charge on any atom is -0.482 e. The summed E-state index contributed by atoms with van der Waals surface area (Å²) in [5, 5.41) is 4.38. The predicted molar refractivity (Wildman–Crippen MR) is 151 cm³/mol. The van der Waals surface area contributed by atoms with Crippen molar-refractivity contribution in [1.29, 1.82) is 0 Å². The topological polar surface area (TPSA) is 84.7 Å². The van der Waals surface area contributed by atoms with Crippen molar-refractivity contribution in [3.05, 3.63) is 118 Å². The molecule has 1 aromatic heterocycles. The van der Waals surface area contributed by atoms with E-state index in [-0.39, 0.29) is 30.7 Å². The average Bonchev–Trinajstić information content (AvgIpc) is 3.38. The van der Waals surface area contributed by atoms with Crippen LogP contribution in [0.5, 0.6) is 5.75 Å². The second-order valence-corrected chi connectivity index (χ2v) is 12.1. The Bertz CT molecular complexity index is 1640. The van der Waals surface area contributed by atoms with E-state index in [1.165, 1.54) is 44.4 Å². The molecule has 0 unspecified atom stereocenters. The van der Waals surface area contributed by atoms with Gasteiger partial charge in [0.05, 0.1) is 17.6 Å². The second kappa shape index (κ2) is 10.9. The number of sulfonamides is 1. The van der Waals surface area contributed by atoms with Crippen LogP contribution in [0.2, 0.25) is 0 Å². The lowest BCUT2D eigenvalue weighted by atomic mass is 10.1. The standard InChI is InChI=1S/C30H29FN4O4S/c31-25-10-12-26(13-11-25)35-30(36)29(39-27-18-23-8-4-5-9-24(23)19-27)28(20-32-35)33-14-16-34(17-15-33)40(37,38)21-22-6-2-1-3-7-22/h1-13,20,27H,14-19,21H2. The normalized spacial score (nSPS) is 16.2. The van der Waals surface area contributed by atoms with Gasteiger partial charge in [-0.2, -0.15) is 14.1 Å². The van der Waals surface area contributed by atoms with Crippen LogP contribution >= 0.6 is 0 Å². The van der Waals surface area contributed by atoms with E-state index < -0.39 is 21.4 Å². The molecule has 0 amide bonds.